The van der Waals surface area contributed by atoms with Crippen molar-refractivity contribution in [2.24, 2.45) is 0 Å². The van der Waals surface area contributed by atoms with Crippen LogP contribution in [0.3, 0.4) is 0 Å². The maximum atomic E-state index is 12.4. The molecule has 0 aliphatic rings. The van der Waals surface area contributed by atoms with E-state index in [1.165, 1.54) is 51.4 Å². The van der Waals surface area contributed by atoms with E-state index < -0.39 is 0 Å². The lowest BCUT2D eigenvalue weighted by molar-refractivity contribution is 0.0483. The Morgan fingerprint density at radius 1 is 0.767 bits per heavy atom. The Kier molecular flexibility index (Phi) is 14.4. The molecule has 0 unspecified atom stereocenters. The zero-order valence-electron chi connectivity index (χ0n) is 19.0. The summed E-state index contributed by atoms with van der Waals surface area (Å²) in [6, 6.07) is 4.90. The minimum atomic E-state index is -0.370. The van der Waals surface area contributed by atoms with Gasteiger partial charge >= 0.3 is 11.9 Å². The Bertz CT molecular complexity index is 636. The van der Waals surface area contributed by atoms with Gasteiger partial charge in [-0.05, 0) is 36.6 Å². The zero-order valence-corrected chi connectivity index (χ0v) is 19.0. The van der Waals surface area contributed by atoms with Crippen LogP contribution in [0.25, 0.3) is 6.08 Å². The van der Waals surface area contributed by atoms with Crippen molar-refractivity contribution in [3.63, 3.8) is 0 Å². The molecule has 0 amide bonds. The minimum absolute atomic E-state index is 0.362. The number of hydrogen-bond donors (Lipinski definition) is 0. The predicted octanol–water partition coefficient (Wildman–Crippen LogP) is 7.36. The number of unbranched alkanes of at least 4 members (excludes halogenated alkanes) is 10. The fourth-order valence-corrected chi connectivity index (χ4v) is 3.30. The van der Waals surface area contributed by atoms with Gasteiger partial charge < -0.3 is 9.47 Å². The van der Waals surface area contributed by atoms with E-state index in [4.69, 9.17) is 9.47 Å². The summed E-state index contributed by atoms with van der Waals surface area (Å²) in [6.45, 7) is 9.00. The van der Waals surface area contributed by atoms with E-state index in [0.717, 1.165) is 25.7 Å². The molecular formula is C26H40O4. The Hall–Kier alpha value is -2.10. The van der Waals surface area contributed by atoms with Crippen LogP contribution in [-0.2, 0) is 9.47 Å². The maximum absolute atomic E-state index is 12.4. The topological polar surface area (TPSA) is 52.6 Å². The molecule has 30 heavy (non-hydrogen) atoms. The standard InChI is InChI=1S/C26H40O4/c1-4-7-9-11-13-15-19-29-25(27)23-17-18-24(22(6-3)21-23)26(28)30-20-16-14-12-10-8-5-2/h6,17-18,21H,3-5,7-16,19-20H2,1-2H3. The molecule has 4 nitrogen and oxygen atoms in total. The summed E-state index contributed by atoms with van der Waals surface area (Å²) in [7, 11) is 0. The Labute approximate surface area is 183 Å². The SMILES string of the molecule is C=Cc1cc(C(=O)OCCCCCCCC)ccc1C(=O)OCCCCCCCC. The van der Waals surface area contributed by atoms with Gasteiger partial charge in [0, 0.05) is 0 Å². The summed E-state index contributed by atoms with van der Waals surface area (Å²) in [4.78, 5) is 24.6. The molecule has 1 aromatic carbocycles. The third-order valence-corrected chi connectivity index (χ3v) is 5.19. The zero-order chi connectivity index (χ0) is 22.0. The van der Waals surface area contributed by atoms with Gasteiger partial charge in [0.2, 0.25) is 0 Å². The van der Waals surface area contributed by atoms with Crippen LogP contribution < -0.4 is 0 Å². The number of carbonyl (C=O) groups excluding carboxylic acids is 2. The molecule has 0 aliphatic carbocycles. The molecule has 1 aromatic rings. The minimum Gasteiger partial charge on any atom is -0.462 e. The van der Waals surface area contributed by atoms with Crippen molar-refractivity contribution in [3.8, 4) is 0 Å². The van der Waals surface area contributed by atoms with Crippen molar-refractivity contribution in [2.45, 2.75) is 90.9 Å². The summed E-state index contributed by atoms with van der Waals surface area (Å²) in [5.41, 5.74) is 1.46. The Morgan fingerprint density at radius 2 is 1.27 bits per heavy atom. The molecule has 0 aromatic heterocycles. The molecule has 0 saturated heterocycles. The van der Waals surface area contributed by atoms with Gasteiger partial charge in [0.15, 0.2) is 0 Å². The molecule has 0 bridgehead atoms. The number of ether oxygens (including phenoxy) is 2. The lowest BCUT2D eigenvalue weighted by atomic mass is 10.0. The number of hydrogen-bond acceptors (Lipinski definition) is 4. The second kappa shape index (κ2) is 16.7. The van der Waals surface area contributed by atoms with Gasteiger partial charge in [-0.2, -0.15) is 0 Å². The number of rotatable bonds is 17. The van der Waals surface area contributed by atoms with Gasteiger partial charge in [0.1, 0.15) is 0 Å². The Morgan fingerprint density at radius 3 is 1.80 bits per heavy atom. The summed E-state index contributed by atoms with van der Waals surface area (Å²) < 4.78 is 10.8. The molecular weight excluding hydrogens is 376 g/mol. The first-order chi connectivity index (χ1) is 14.6. The number of esters is 2. The molecule has 0 heterocycles. The normalized spacial score (nSPS) is 10.6. The predicted molar refractivity (Wildman–Crippen MR) is 124 cm³/mol. The third kappa shape index (κ3) is 10.6. The monoisotopic (exact) mass is 416 g/mol. The quantitative estimate of drug-likeness (QED) is 0.196. The summed E-state index contributed by atoms with van der Waals surface area (Å²) >= 11 is 0. The molecule has 0 radical (unpaired) electrons. The van der Waals surface area contributed by atoms with Gasteiger partial charge in [0.05, 0.1) is 24.3 Å². The van der Waals surface area contributed by atoms with E-state index in [1.54, 1.807) is 24.3 Å². The summed E-state index contributed by atoms with van der Waals surface area (Å²) in [6.07, 6.45) is 15.3. The molecule has 4 heteroatoms. The molecule has 0 N–H and O–H groups in total. The van der Waals surface area contributed by atoms with E-state index in [2.05, 4.69) is 20.4 Å². The van der Waals surface area contributed by atoms with Crippen LogP contribution in [0.1, 0.15) is 117 Å². The van der Waals surface area contributed by atoms with Gasteiger partial charge in [-0.25, -0.2) is 9.59 Å². The van der Waals surface area contributed by atoms with Crippen LogP contribution in [0.15, 0.2) is 24.8 Å². The van der Waals surface area contributed by atoms with E-state index in [0.29, 0.717) is 29.9 Å². The Balaban J connectivity index is 2.42. The molecule has 0 aliphatic heterocycles. The van der Waals surface area contributed by atoms with Gasteiger partial charge in [-0.1, -0.05) is 90.7 Å². The molecule has 0 fully saturated rings. The first kappa shape index (κ1) is 25.9. The summed E-state index contributed by atoms with van der Waals surface area (Å²) in [5, 5.41) is 0. The van der Waals surface area contributed by atoms with Gasteiger partial charge in [0.25, 0.3) is 0 Å². The first-order valence-electron chi connectivity index (χ1n) is 11.7. The van der Waals surface area contributed by atoms with Crippen LogP contribution >= 0.6 is 0 Å². The van der Waals surface area contributed by atoms with Crippen LogP contribution in [-0.4, -0.2) is 25.2 Å². The van der Waals surface area contributed by atoms with E-state index >= 15 is 0 Å². The molecule has 0 spiro atoms. The fourth-order valence-electron chi connectivity index (χ4n) is 3.30. The average molecular weight is 417 g/mol. The average Bonchev–Trinajstić information content (AvgIpc) is 2.77. The van der Waals surface area contributed by atoms with E-state index in [-0.39, 0.29) is 11.9 Å². The van der Waals surface area contributed by atoms with Crippen molar-refractivity contribution in [2.75, 3.05) is 13.2 Å². The van der Waals surface area contributed by atoms with Gasteiger partial charge in [-0.3, -0.25) is 0 Å². The van der Waals surface area contributed by atoms with Crippen LogP contribution in [0, 0.1) is 0 Å². The molecule has 1 rings (SSSR count). The molecule has 168 valence electrons. The molecule has 0 atom stereocenters. The lowest BCUT2D eigenvalue weighted by Gasteiger charge is -2.10. The largest absolute Gasteiger partial charge is 0.462 e. The smallest absolute Gasteiger partial charge is 0.338 e. The highest BCUT2D eigenvalue weighted by Crippen LogP contribution is 2.17. The van der Waals surface area contributed by atoms with Crippen LogP contribution in [0.5, 0.6) is 0 Å². The fraction of sp³-hybridized carbons (Fsp3) is 0.615. The van der Waals surface area contributed by atoms with Crippen molar-refractivity contribution < 1.29 is 19.1 Å². The number of carbonyl (C=O) groups is 2. The second-order valence-electron chi connectivity index (χ2n) is 7.81. The molecule has 0 saturated carbocycles. The van der Waals surface area contributed by atoms with Crippen molar-refractivity contribution in [3.05, 3.63) is 41.5 Å². The summed E-state index contributed by atoms with van der Waals surface area (Å²) in [5.74, 6) is -0.732. The van der Waals surface area contributed by atoms with Crippen molar-refractivity contribution >= 4 is 18.0 Å². The highest BCUT2D eigenvalue weighted by atomic mass is 16.5. The van der Waals surface area contributed by atoms with Crippen molar-refractivity contribution in [1.82, 2.24) is 0 Å². The number of benzene rings is 1. The van der Waals surface area contributed by atoms with E-state index in [1.807, 2.05) is 0 Å². The van der Waals surface area contributed by atoms with Crippen molar-refractivity contribution in [1.29, 1.82) is 0 Å². The maximum Gasteiger partial charge on any atom is 0.338 e. The highest BCUT2D eigenvalue weighted by Gasteiger charge is 2.15. The van der Waals surface area contributed by atoms with Crippen LogP contribution in [0.4, 0.5) is 0 Å². The first-order valence-corrected chi connectivity index (χ1v) is 11.7. The van der Waals surface area contributed by atoms with Crippen LogP contribution in [0.2, 0.25) is 0 Å². The second-order valence-corrected chi connectivity index (χ2v) is 7.81. The third-order valence-electron chi connectivity index (χ3n) is 5.19. The van der Waals surface area contributed by atoms with Gasteiger partial charge in [-0.15, -0.1) is 0 Å². The van der Waals surface area contributed by atoms with E-state index in [9.17, 15) is 9.59 Å². The lowest BCUT2D eigenvalue weighted by Crippen LogP contribution is -2.11. The highest BCUT2D eigenvalue weighted by molar-refractivity contribution is 5.97.